The molecular weight excluding hydrogens is 531 g/mol. The van der Waals surface area contributed by atoms with Crippen molar-refractivity contribution < 1.29 is 23.8 Å². The first-order valence-corrected chi connectivity index (χ1v) is 11.4. The topological polar surface area (TPSA) is 61.8 Å². The predicted molar refractivity (Wildman–Crippen MR) is 127 cm³/mol. The summed E-state index contributed by atoms with van der Waals surface area (Å²) >= 11 is 8.82. The first kappa shape index (κ1) is 22.1. The van der Waals surface area contributed by atoms with Crippen LogP contribution < -0.4 is 14.2 Å². The van der Waals surface area contributed by atoms with E-state index in [1.807, 2.05) is 25.1 Å². The molecule has 0 saturated carbocycles. The van der Waals surface area contributed by atoms with Crippen molar-refractivity contribution in [3.8, 4) is 17.2 Å². The molecule has 7 heteroatoms. The van der Waals surface area contributed by atoms with E-state index < -0.39 is 5.60 Å². The zero-order valence-corrected chi connectivity index (χ0v) is 20.4. The molecule has 2 aromatic carbocycles. The van der Waals surface area contributed by atoms with Gasteiger partial charge in [0.25, 0.3) is 0 Å². The number of carbonyl (C=O) groups is 2. The highest BCUT2D eigenvalue weighted by Crippen LogP contribution is 2.54. The van der Waals surface area contributed by atoms with E-state index in [-0.39, 0.29) is 34.7 Å². The highest BCUT2D eigenvalue weighted by atomic mass is 127. The first-order chi connectivity index (χ1) is 14.8. The lowest BCUT2D eigenvalue weighted by molar-refractivity contribution is -0.117. The standard InChI is InChI=1S/C24H22ClIO5/c1-13-10-16(27)11-15(9-8-14-6-4-5-7-17(14)26)24(13)23(28)20-18(29-2)12-19(30-3)21(25)22(20)31-24/h4-7,11-13H,8-10H2,1-3H3/t13-,24+/m1/s1. The SMILES string of the molecule is COc1cc(OC)c2c(c1Cl)O[C@]1(C2=O)C(CCc2ccccc2I)=CC(=O)C[C@H]1C. The average molecular weight is 553 g/mol. The molecule has 0 saturated heterocycles. The van der Waals surface area contributed by atoms with Gasteiger partial charge in [-0.1, -0.05) is 36.7 Å². The summed E-state index contributed by atoms with van der Waals surface area (Å²) in [5, 5.41) is 0.226. The van der Waals surface area contributed by atoms with Gasteiger partial charge in [-0.2, -0.15) is 0 Å². The Morgan fingerprint density at radius 1 is 1.16 bits per heavy atom. The van der Waals surface area contributed by atoms with Crippen LogP contribution in [0.25, 0.3) is 0 Å². The van der Waals surface area contributed by atoms with E-state index >= 15 is 0 Å². The molecule has 0 fully saturated rings. The van der Waals surface area contributed by atoms with Gasteiger partial charge in [0.15, 0.2) is 17.1 Å². The van der Waals surface area contributed by atoms with Crippen molar-refractivity contribution in [1.82, 2.24) is 0 Å². The summed E-state index contributed by atoms with van der Waals surface area (Å²) in [6.07, 6.45) is 3.02. The van der Waals surface area contributed by atoms with E-state index in [2.05, 4.69) is 28.7 Å². The minimum absolute atomic E-state index is 0.00103. The van der Waals surface area contributed by atoms with Crippen molar-refractivity contribution in [3.05, 3.63) is 61.7 Å². The van der Waals surface area contributed by atoms with Crippen LogP contribution in [0.15, 0.2) is 42.0 Å². The van der Waals surface area contributed by atoms with Gasteiger partial charge in [-0.25, -0.2) is 0 Å². The Hall–Kier alpha value is -2.06. The fraction of sp³-hybridized carbons (Fsp3) is 0.333. The van der Waals surface area contributed by atoms with Crippen LogP contribution in [-0.2, 0) is 11.2 Å². The van der Waals surface area contributed by atoms with Crippen LogP contribution in [0.1, 0.15) is 35.7 Å². The molecule has 1 heterocycles. The molecule has 1 aliphatic carbocycles. The van der Waals surface area contributed by atoms with Crippen molar-refractivity contribution in [3.63, 3.8) is 0 Å². The second kappa shape index (κ2) is 8.47. The van der Waals surface area contributed by atoms with Crippen LogP contribution >= 0.6 is 34.2 Å². The summed E-state index contributed by atoms with van der Waals surface area (Å²) in [4.78, 5) is 26.3. The number of rotatable bonds is 5. The van der Waals surface area contributed by atoms with Gasteiger partial charge in [-0.15, -0.1) is 0 Å². The predicted octanol–water partition coefficient (Wildman–Crippen LogP) is 5.44. The maximum absolute atomic E-state index is 13.9. The summed E-state index contributed by atoms with van der Waals surface area (Å²) in [6, 6.07) is 9.66. The lowest BCUT2D eigenvalue weighted by Gasteiger charge is -2.38. The molecule has 0 unspecified atom stereocenters. The maximum Gasteiger partial charge on any atom is 0.218 e. The van der Waals surface area contributed by atoms with Crippen LogP contribution in [0.4, 0.5) is 0 Å². The van der Waals surface area contributed by atoms with Gasteiger partial charge >= 0.3 is 0 Å². The molecule has 0 aromatic heterocycles. The lowest BCUT2D eigenvalue weighted by Crippen LogP contribution is -2.51. The molecule has 1 spiro atoms. The minimum Gasteiger partial charge on any atom is -0.496 e. The van der Waals surface area contributed by atoms with Gasteiger partial charge in [0, 0.05) is 22.0 Å². The van der Waals surface area contributed by atoms with Crippen molar-refractivity contribution >= 4 is 45.8 Å². The van der Waals surface area contributed by atoms with E-state index in [0.29, 0.717) is 35.5 Å². The number of allylic oxidation sites excluding steroid dienone is 1. The Kier molecular flexibility index (Phi) is 6.05. The molecule has 0 N–H and O–H groups in total. The lowest BCUT2D eigenvalue weighted by atomic mass is 9.70. The van der Waals surface area contributed by atoms with Crippen LogP contribution in [0.5, 0.6) is 17.2 Å². The third kappa shape index (κ3) is 3.53. The number of hydrogen-bond donors (Lipinski definition) is 0. The third-order valence-electron chi connectivity index (χ3n) is 6.05. The monoisotopic (exact) mass is 552 g/mol. The summed E-state index contributed by atoms with van der Waals surface area (Å²) in [5.74, 6) is 0.396. The number of methoxy groups -OCH3 is 2. The van der Waals surface area contributed by atoms with Crippen LogP contribution in [0, 0.1) is 9.49 Å². The number of ketones is 2. The van der Waals surface area contributed by atoms with Crippen molar-refractivity contribution in [2.75, 3.05) is 14.2 Å². The number of Topliss-reactive ketones (excluding diaryl/α,β-unsaturated/α-hetero) is 1. The normalized spacial score (nSPS) is 22.2. The number of hydrogen-bond acceptors (Lipinski definition) is 5. The number of ether oxygens (including phenoxy) is 3. The molecule has 1 aliphatic heterocycles. The molecule has 0 bridgehead atoms. The fourth-order valence-electron chi connectivity index (χ4n) is 4.49. The molecular formula is C24H22ClIO5. The van der Waals surface area contributed by atoms with Crippen molar-refractivity contribution in [2.24, 2.45) is 5.92 Å². The number of benzene rings is 2. The number of fused-ring (bicyclic) bond motifs is 1. The van der Waals surface area contributed by atoms with E-state index in [4.69, 9.17) is 25.8 Å². The van der Waals surface area contributed by atoms with Gasteiger partial charge in [0.05, 0.1) is 14.2 Å². The van der Waals surface area contributed by atoms with Gasteiger partial charge in [-0.3, -0.25) is 9.59 Å². The Morgan fingerprint density at radius 3 is 2.55 bits per heavy atom. The quantitative estimate of drug-likeness (QED) is 0.462. The Balaban J connectivity index is 1.80. The second-order valence-corrected chi connectivity index (χ2v) is 9.34. The van der Waals surface area contributed by atoms with E-state index in [1.165, 1.54) is 14.2 Å². The Labute approximate surface area is 199 Å². The molecule has 2 atom stereocenters. The molecule has 4 rings (SSSR count). The fourth-order valence-corrected chi connectivity index (χ4v) is 5.41. The van der Waals surface area contributed by atoms with Gasteiger partial charge < -0.3 is 14.2 Å². The second-order valence-electron chi connectivity index (χ2n) is 7.80. The third-order valence-corrected chi connectivity index (χ3v) is 7.46. The summed E-state index contributed by atoms with van der Waals surface area (Å²) in [6.45, 7) is 1.87. The summed E-state index contributed by atoms with van der Waals surface area (Å²) in [5.41, 5.74) is 0.855. The number of halogens is 2. The smallest absolute Gasteiger partial charge is 0.218 e. The molecule has 5 nitrogen and oxygen atoms in total. The maximum atomic E-state index is 13.9. The van der Waals surface area contributed by atoms with Gasteiger partial charge in [0.2, 0.25) is 5.78 Å². The van der Waals surface area contributed by atoms with Gasteiger partial charge in [0.1, 0.15) is 22.1 Å². The van der Waals surface area contributed by atoms with Crippen LogP contribution in [0.2, 0.25) is 5.02 Å². The van der Waals surface area contributed by atoms with E-state index in [0.717, 1.165) is 9.13 Å². The first-order valence-electron chi connectivity index (χ1n) is 9.99. The zero-order valence-electron chi connectivity index (χ0n) is 17.5. The average Bonchev–Trinajstić information content (AvgIpc) is 3.06. The van der Waals surface area contributed by atoms with Gasteiger partial charge in [-0.05, 0) is 58.7 Å². The highest BCUT2D eigenvalue weighted by Gasteiger charge is 2.58. The molecule has 0 radical (unpaired) electrons. The minimum atomic E-state index is -1.28. The number of carbonyl (C=O) groups excluding carboxylic acids is 2. The zero-order chi connectivity index (χ0) is 22.3. The molecule has 2 aliphatic rings. The van der Waals surface area contributed by atoms with Crippen LogP contribution in [-0.4, -0.2) is 31.4 Å². The highest BCUT2D eigenvalue weighted by molar-refractivity contribution is 14.1. The summed E-state index contributed by atoms with van der Waals surface area (Å²) in [7, 11) is 2.98. The van der Waals surface area contributed by atoms with Crippen molar-refractivity contribution in [1.29, 1.82) is 0 Å². The Morgan fingerprint density at radius 2 is 1.87 bits per heavy atom. The number of aryl methyl sites for hydroxylation is 1. The summed E-state index contributed by atoms with van der Waals surface area (Å²) < 4.78 is 18.3. The molecule has 31 heavy (non-hydrogen) atoms. The van der Waals surface area contributed by atoms with E-state index in [1.54, 1.807) is 12.1 Å². The largest absolute Gasteiger partial charge is 0.496 e. The molecule has 162 valence electrons. The molecule has 2 aromatic rings. The van der Waals surface area contributed by atoms with E-state index in [9.17, 15) is 9.59 Å². The Bertz CT molecular complexity index is 1110. The molecule has 0 amide bonds. The van der Waals surface area contributed by atoms with Crippen molar-refractivity contribution in [2.45, 2.75) is 31.8 Å². The van der Waals surface area contributed by atoms with Crippen LogP contribution in [0.3, 0.4) is 0 Å².